The number of aromatic carboxylic acids is 1. The Labute approximate surface area is 250 Å². The SMILES string of the molecule is N#CCC1(Cn2c(Cc3ccc(-c4ccnc(OCc5ccc(Cl)cc5F)n4)c(F)c3)nc3ccc(C(=O)O)cc32)CC1. The lowest BCUT2D eigenvalue weighted by Gasteiger charge is -2.16. The molecule has 2 heterocycles. The Kier molecular flexibility index (Phi) is 7.50. The molecule has 1 aliphatic rings. The van der Waals surface area contributed by atoms with Crippen LogP contribution in [0, 0.1) is 28.4 Å². The molecule has 1 saturated carbocycles. The van der Waals surface area contributed by atoms with Gasteiger partial charge in [0.15, 0.2) is 0 Å². The molecule has 43 heavy (non-hydrogen) atoms. The topological polar surface area (TPSA) is 114 Å². The first-order valence-corrected chi connectivity index (χ1v) is 13.9. The van der Waals surface area contributed by atoms with Gasteiger partial charge in [0.1, 0.15) is 24.1 Å². The van der Waals surface area contributed by atoms with E-state index in [0.29, 0.717) is 47.5 Å². The maximum atomic E-state index is 15.4. The molecule has 0 unspecified atom stereocenters. The van der Waals surface area contributed by atoms with Gasteiger partial charge in [-0.05, 0) is 66.9 Å². The highest BCUT2D eigenvalue weighted by Gasteiger charge is 2.43. The number of aromatic nitrogens is 4. The Morgan fingerprint density at radius 2 is 1.91 bits per heavy atom. The van der Waals surface area contributed by atoms with Crippen LogP contribution < -0.4 is 4.74 Å². The van der Waals surface area contributed by atoms with E-state index in [1.807, 2.05) is 4.57 Å². The van der Waals surface area contributed by atoms with Crippen molar-refractivity contribution in [1.29, 1.82) is 5.26 Å². The monoisotopic (exact) mass is 599 g/mol. The number of carboxylic acids is 1. The highest BCUT2D eigenvalue weighted by atomic mass is 35.5. The number of fused-ring (bicyclic) bond motifs is 1. The second-order valence-electron chi connectivity index (χ2n) is 10.7. The Bertz CT molecular complexity index is 1920. The maximum absolute atomic E-state index is 15.4. The van der Waals surface area contributed by atoms with Crippen LogP contribution >= 0.6 is 11.6 Å². The van der Waals surface area contributed by atoms with Gasteiger partial charge in [-0.2, -0.15) is 10.2 Å². The summed E-state index contributed by atoms with van der Waals surface area (Å²) in [6.07, 6.45) is 3.93. The summed E-state index contributed by atoms with van der Waals surface area (Å²) >= 11 is 5.80. The van der Waals surface area contributed by atoms with Crippen LogP contribution in [0.1, 0.15) is 46.6 Å². The number of carboxylic acid groups (broad SMARTS) is 1. The first kappa shape index (κ1) is 28.2. The number of hydrogen-bond donors (Lipinski definition) is 1. The van der Waals surface area contributed by atoms with E-state index in [1.165, 1.54) is 30.5 Å². The van der Waals surface area contributed by atoms with Gasteiger partial charge in [0, 0.05) is 47.1 Å². The summed E-state index contributed by atoms with van der Waals surface area (Å²) in [5, 5.41) is 19.1. The fourth-order valence-corrected chi connectivity index (χ4v) is 5.25. The predicted molar refractivity (Wildman–Crippen MR) is 155 cm³/mol. The lowest BCUT2D eigenvalue weighted by Crippen LogP contribution is -2.14. The van der Waals surface area contributed by atoms with E-state index in [4.69, 9.17) is 21.3 Å². The summed E-state index contributed by atoms with van der Waals surface area (Å²) in [4.78, 5) is 24.7. The van der Waals surface area contributed by atoms with Gasteiger partial charge in [0.2, 0.25) is 0 Å². The summed E-state index contributed by atoms with van der Waals surface area (Å²) in [6, 6.07) is 17.6. The number of rotatable bonds is 10. The second kappa shape index (κ2) is 11.4. The van der Waals surface area contributed by atoms with Crippen molar-refractivity contribution in [3.63, 3.8) is 0 Å². The highest BCUT2D eigenvalue weighted by Crippen LogP contribution is 2.50. The van der Waals surface area contributed by atoms with E-state index in [9.17, 15) is 19.6 Å². The molecule has 3 aromatic carbocycles. The molecule has 0 bridgehead atoms. The Balaban J connectivity index is 1.25. The molecule has 5 aromatic rings. The second-order valence-corrected chi connectivity index (χ2v) is 11.1. The summed E-state index contributed by atoms with van der Waals surface area (Å²) in [5.74, 6) is -1.41. The van der Waals surface area contributed by atoms with Gasteiger partial charge < -0.3 is 14.4 Å². The molecule has 0 aliphatic heterocycles. The van der Waals surface area contributed by atoms with Crippen molar-refractivity contribution < 1.29 is 23.4 Å². The normalized spacial score (nSPS) is 13.5. The van der Waals surface area contributed by atoms with E-state index in [2.05, 4.69) is 16.0 Å². The molecule has 1 N–H and O–H groups in total. The van der Waals surface area contributed by atoms with Crippen molar-refractivity contribution in [1.82, 2.24) is 19.5 Å². The minimum absolute atomic E-state index is 0.0313. The summed E-state index contributed by atoms with van der Waals surface area (Å²) in [5.41, 5.74) is 2.75. The van der Waals surface area contributed by atoms with Crippen LogP contribution in [0.25, 0.3) is 22.3 Å². The summed E-state index contributed by atoms with van der Waals surface area (Å²) < 4.78 is 37.1. The molecule has 216 valence electrons. The van der Waals surface area contributed by atoms with Gasteiger partial charge >= 0.3 is 12.0 Å². The number of nitriles is 1. The van der Waals surface area contributed by atoms with Crippen LogP contribution in [-0.2, 0) is 19.6 Å². The molecule has 2 aromatic heterocycles. The molecule has 0 radical (unpaired) electrons. The Hall–Kier alpha value is -4.88. The molecule has 11 heteroatoms. The Morgan fingerprint density at radius 1 is 1.07 bits per heavy atom. The van der Waals surface area contributed by atoms with E-state index in [1.54, 1.807) is 36.4 Å². The van der Waals surface area contributed by atoms with Crippen molar-refractivity contribution in [3.05, 3.63) is 106 Å². The molecule has 0 atom stereocenters. The molecular formula is C32H24ClF2N5O3. The quantitative estimate of drug-likeness (QED) is 0.184. The van der Waals surface area contributed by atoms with Gasteiger partial charge in [-0.1, -0.05) is 23.7 Å². The largest absolute Gasteiger partial charge is 0.478 e. The van der Waals surface area contributed by atoms with Crippen LogP contribution in [0.3, 0.4) is 0 Å². The van der Waals surface area contributed by atoms with Gasteiger partial charge in [0.05, 0.1) is 28.4 Å². The number of imidazole rings is 1. The third-order valence-corrected chi connectivity index (χ3v) is 7.89. The van der Waals surface area contributed by atoms with Gasteiger partial charge in [0.25, 0.3) is 0 Å². The van der Waals surface area contributed by atoms with Crippen molar-refractivity contribution in [3.8, 4) is 23.3 Å². The highest BCUT2D eigenvalue weighted by molar-refractivity contribution is 6.30. The smallest absolute Gasteiger partial charge is 0.335 e. The number of nitrogens with zero attached hydrogens (tertiary/aromatic N) is 5. The molecule has 8 nitrogen and oxygen atoms in total. The first-order chi connectivity index (χ1) is 20.7. The fraction of sp³-hybridized carbons (Fsp3) is 0.219. The zero-order valence-electron chi connectivity index (χ0n) is 22.7. The van der Waals surface area contributed by atoms with Gasteiger partial charge in [-0.3, -0.25) is 0 Å². The minimum Gasteiger partial charge on any atom is -0.478 e. The lowest BCUT2D eigenvalue weighted by molar-refractivity contribution is 0.0697. The molecular weight excluding hydrogens is 576 g/mol. The minimum atomic E-state index is -1.04. The van der Waals surface area contributed by atoms with Crippen LogP contribution in [0.2, 0.25) is 5.02 Å². The molecule has 6 rings (SSSR count). The number of benzene rings is 3. The number of hydrogen-bond acceptors (Lipinski definition) is 6. The molecule has 0 amide bonds. The number of carbonyl (C=O) groups is 1. The van der Waals surface area contributed by atoms with E-state index in [-0.39, 0.29) is 39.7 Å². The molecule has 1 aliphatic carbocycles. The predicted octanol–water partition coefficient (Wildman–Crippen LogP) is 6.99. The average molecular weight is 600 g/mol. The van der Waals surface area contributed by atoms with E-state index in [0.717, 1.165) is 12.8 Å². The van der Waals surface area contributed by atoms with Crippen LogP contribution in [0.5, 0.6) is 6.01 Å². The fourth-order valence-electron chi connectivity index (χ4n) is 5.09. The van der Waals surface area contributed by atoms with Gasteiger partial charge in [-0.25, -0.2) is 23.5 Å². The molecule has 1 fully saturated rings. The zero-order chi connectivity index (χ0) is 30.1. The van der Waals surface area contributed by atoms with Crippen molar-refractivity contribution in [2.24, 2.45) is 5.41 Å². The zero-order valence-corrected chi connectivity index (χ0v) is 23.5. The van der Waals surface area contributed by atoms with Crippen LogP contribution in [-0.4, -0.2) is 30.6 Å². The lowest BCUT2D eigenvalue weighted by atomic mass is 10.0. The van der Waals surface area contributed by atoms with E-state index < -0.39 is 17.6 Å². The van der Waals surface area contributed by atoms with Crippen LogP contribution in [0.4, 0.5) is 8.78 Å². The molecule has 0 spiro atoms. The summed E-state index contributed by atoms with van der Waals surface area (Å²) in [7, 11) is 0. The number of ether oxygens (including phenoxy) is 1. The van der Waals surface area contributed by atoms with Crippen molar-refractivity contribution in [2.45, 2.75) is 38.8 Å². The maximum Gasteiger partial charge on any atom is 0.335 e. The van der Waals surface area contributed by atoms with Gasteiger partial charge in [-0.15, -0.1) is 0 Å². The summed E-state index contributed by atoms with van der Waals surface area (Å²) in [6.45, 7) is 0.401. The molecule has 0 saturated heterocycles. The standard InChI is InChI=1S/C32H24ClF2N5O3/c33-22-4-2-21(24(34)16-22)17-43-31-37-12-7-26(39-31)23-5-1-19(13-25(23)35)14-29-38-27-6-3-20(30(41)42)15-28(27)40(29)18-32(8-9-32)10-11-36/h1-7,12-13,15-16H,8-10,14,17-18H2,(H,41,42). The van der Waals surface area contributed by atoms with E-state index >= 15 is 4.39 Å². The first-order valence-electron chi connectivity index (χ1n) is 13.5. The van der Waals surface area contributed by atoms with Crippen molar-refractivity contribution >= 4 is 28.6 Å². The third-order valence-electron chi connectivity index (χ3n) is 7.66. The van der Waals surface area contributed by atoms with Crippen LogP contribution in [0.15, 0.2) is 66.9 Å². The Morgan fingerprint density at radius 3 is 2.63 bits per heavy atom. The van der Waals surface area contributed by atoms with Crippen molar-refractivity contribution in [2.75, 3.05) is 0 Å². The third kappa shape index (κ3) is 6.03. The average Bonchev–Trinajstić information content (AvgIpc) is 3.66. The number of halogens is 3.